The molecule has 8 heteroatoms. The number of hydrogen-bond acceptors (Lipinski definition) is 4. The Labute approximate surface area is 140 Å². The number of carboxylic acid groups (broad SMARTS) is 1. The van der Waals surface area contributed by atoms with Crippen molar-refractivity contribution in [3.05, 3.63) is 58.3 Å². The highest BCUT2D eigenvalue weighted by molar-refractivity contribution is 5.83. The Hall–Kier alpha value is -3.08. The van der Waals surface area contributed by atoms with Gasteiger partial charge >= 0.3 is 12.1 Å². The van der Waals surface area contributed by atoms with Crippen LogP contribution in [0.1, 0.15) is 34.0 Å². The molecule has 2 heterocycles. The van der Waals surface area contributed by atoms with Gasteiger partial charge in [0, 0.05) is 12.2 Å². The Morgan fingerprint density at radius 2 is 2.08 bits per heavy atom. The number of aromatic nitrogens is 1. The maximum Gasteiger partial charge on any atom is 0.417 e. The third-order valence-corrected chi connectivity index (χ3v) is 4.05. The Kier molecular flexibility index (Phi) is 3.87. The zero-order valence-corrected chi connectivity index (χ0v) is 13.0. The van der Waals surface area contributed by atoms with Crippen molar-refractivity contribution >= 4 is 11.8 Å². The first-order valence-corrected chi connectivity index (χ1v) is 7.30. The summed E-state index contributed by atoms with van der Waals surface area (Å²) in [5.74, 6) is -1.48. The summed E-state index contributed by atoms with van der Waals surface area (Å²) in [6.07, 6.45) is -4.74. The van der Waals surface area contributed by atoms with Crippen LogP contribution in [0.15, 0.2) is 30.3 Å². The summed E-state index contributed by atoms with van der Waals surface area (Å²) in [6.45, 7) is 1.44. The summed E-state index contributed by atoms with van der Waals surface area (Å²) in [4.78, 5) is 17.0. The molecule has 3 rings (SSSR count). The van der Waals surface area contributed by atoms with Gasteiger partial charge < -0.3 is 10.0 Å². The van der Waals surface area contributed by atoms with E-state index < -0.39 is 29.3 Å². The van der Waals surface area contributed by atoms with E-state index in [9.17, 15) is 28.3 Å². The molecule has 1 aliphatic heterocycles. The molecule has 1 aromatic carbocycles. The SMILES string of the molecule is Cc1cc(C(F)(F)F)c(C#N)c(N2Cc3ccccc3[C@H]2C(=O)O)n1. The van der Waals surface area contributed by atoms with E-state index in [2.05, 4.69) is 4.98 Å². The largest absolute Gasteiger partial charge is 0.479 e. The molecule has 25 heavy (non-hydrogen) atoms. The van der Waals surface area contributed by atoms with Crippen LogP contribution in [0.5, 0.6) is 0 Å². The fraction of sp³-hybridized carbons (Fsp3) is 0.235. The highest BCUT2D eigenvalue weighted by Crippen LogP contribution is 2.41. The lowest BCUT2D eigenvalue weighted by Crippen LogP contribution is -2.30. The number of nitriles is 1. The first-order chi connectivity index (χ1) is 11.7. The molecule has 1 atom stereocenters. The molecule has 0 saturated carbocycles. The molecule has 0 spiro atoms. The van der Waals surface area contributed by atoms with E-state index in [0.29, 0.717) is 11.1 Å². The molecule has 1 aromatic heterocycles. The average molecular weight is 347 g/mol. The molecule has 0 saturated heterocycles. The van der Waals surface area contributed by atoms with E-state index >= 15 is 0 Å². The number of alkyl halides is 3. The zero-order valence-electron chi connectivity index (χ0n) is 13.0. The number of rotatable bonds is 2. The van der Waals surface area contributed by atoms with Gasteiger partial charge in [-0.05, 0) is 24.1 Å². The first kappa shape index (κ1) is 16.8. The van der Waals surface area contributed by atoms with E-state index in [1.54, 1.807) is 30.3 Å². The predicted molar refractivity (Wildman–Crippen MR) is 81.7 cm³/mol. The van der Waals surface area contributed by atoms with Crippen molar-refractivity contribution in [3.63, 3.8) is 0 Å². The fourth-order valence-electron chi connectivity index (χ4n) is 3.05. The van der Waals surface area contributed by atoms with Crippen LogP contribution in [0.3, 0.4) is 0 Å². The molecule has 2 aromatic rings. The fourth-order valence-corrected chi connectivity index (χ4v) is 3.05. The van der Waals surface area contributed by atoms with Crippen LogP contribution in [0.2, 0.25) is 0 Å². The van der Waals surface area contributed by atoms with Crippen LogP contribution < -0.4 is 4.90 Å². The van der Waals surface area contributed by atoms with Crippen molar-refractivity contribution < 1.29 is 23.1 Å². The molecule has 0 bridgehead atoms. The summed E-state index contributed by atoms with van der Waals surface area (Å²) in [5.41, 5.74) is -0.567. The molecule has 128 valence electrons. The first-order valence-electron chi connectivity index (χ1n) is 7.30. The number of nitrogens with zero attached hydrogens (tertiary/aromatic N) is 3. The van der Waals surface area contributed by atoms with Crippen molar-refractivity contribution in [3.8, 4) is 6.07 Å². The maximum atomic E-state index is 13.3. The monoisotopic (exact) mass is 347 g/mol. The lowest BCUT2D eigenvalue weighted by atomic mass is 10.0. The van der Waals surface area contributed by atoms with Crippen molar-refractivity contribution in [2.24, 2.45) is 0 Å². The highest BCUT2D eigenvalue weighted by atomic mass is 19.4. The third-order valence-electron chi connectivity index (χ3n) is 4.05. The molecule has 0 aliphatic carbocycles. The topological polar surface area (TPSA) is 77.2 Å². The van der Waals surface area contributed by atoms with Crippen LogP contribution >= 0.6 is 0 Å². The van der Waals surface area contributed by atoms with E-state index in [1.165, 1.54) is 11.8 Å². The van der Waals surface area contributed by atoms with Gasteiger partial charge in [-0.25, -0.2) is 9.78 Å². The molecule has 1 aliphatic rings. The minimum atomic E-state index is -4.74. The Morgan fingerprint density at radius 1 is 1.40 bits per heavy atom. The van der Waals surface area contributed by atoms with Gasteiger partial charge in [0.25, 0.3) is 0 Å². The Bertz CT molecular complexity index is 903. The average Bonchev–Trinajstić information content (AvgIpc) is 2.92. The second-order valence-corrected chi connectivity index (χ2v) is 5.69. The molecule has 5 nitrogen and oxygen atoms in total. The third kappa shape index (κ3) is 2.78. The number of aliphatic carboxylic acids is 1. The highest BCUT2D eigenvalue weighted by Gasteiger charge is 2.41. The Balaban J connectivity index is 2.22. The van der Waals surface area contributed by atoms with E-state index in [4.69, 9.17) is 0 Å². The van der Waals surface area contributed by atoms with Gasteiger partial charge in [0.2, 0.25) is 0 Å². The summed E-state index contributed by atoms with van der Waals surface area (Å²) in [7, 11) is 0. The molecule has 0 radical (unpaired) electrons. The molecule has 0 amide bonds. The summed E-state index contributed by atoms with van der Waals surface area (Å²) >= 11 is 0. The second kappa shape index (κ2) is 5.77. The van der Waals surface area contributed by atoms with Gasteiger partial charge in [-0.2, -0.15) is 18.4 Å². The van der Waals surface area contributed by atoms with E-state index in [1.807, 2.05) is 0 Å². The van der Waals surface area contributed by atoms with Gasteiger partial charge in [-0.1, -0.05) is 24.3 Å². The number of pyridine rings is 1. The van der Waals surface area contributed by atoms with Crippen LogP contribution in [0.4, 0.5) is 19.0 Å². The van der Waals surface area contributed by atoms with Gasteiger partial charge in [0.15, 0.2) is 6.04 Å². The van der Waals surface area contributed by atoms with Crippen molar-refractivity contribution in [1.29, 1.82) is 5.26 Å². The Morgan fingerprint density at radius 3 is 2.68 bits per heavy atom. The minimum absolute atomic E-state index is 0.0569. The molecular weight excluding hydrogens is 335 g/mol. The van der Waals surface area contributed by atoms with Crippen molar-refractivity contribution in [2.45, 2.75) is 25.7 Å². The molecular formula is C17H12F3N3O2. The molecule has 1 N–H and O–H groups in total. The number of carboxylic acids is 1. The van der Waals surface area contributed by atoms with Crippen LogP contribution in [0, 0.1) is 18.3 Å². The van der Waals surface area contributed by atoms with E-state index in [-0.39, 0.29) is 18.1 Å². The quantitative estimate of drug-likeness (QED) is 0.901. The maximum absolute atomic E-state index is 13.3. The number of aryl methyl sites for hydroxylation is 1. The normalized spacial score (nSPS) is 16.4. The van der Waals surface area contributed by atoms with Gasteiger partial charge in [0.1, 0.15) is 17.5 Å². The number of hydrogen-bond donors (Lipinski definition) is 1. The van der Waals surface area contributed by atoms with Crippen LogP contribution in [0.25, 0.3) is 0 Å². The predicted octanol–water partition coefficient (Wildman–Crippen LogP) is 3.43. The summed E-state index contributed by atoms with van der Waals surface area (Å²) in [5, 5.41) is 18.9. The molecule has 0 fully saturated rings. The minimum Gasteiger partial charge on any atom is -0.479 e. The smallest absolute Gasteiger partial charge is 0.417 e. The van der Waals surface area contributed by atoms with E-state index in [0.717, 1.165) is 6.07 Å². The lowest BCUT2D eigenvalue weighted by molar-refractivity contribution is -0.138. The second-order valence-electron chi connectivity index (χ2n) is 5.69. The van der Waals surface area contributed by atoms with Gasteiger partial charge in [0.05, 0.1) is 5.56 Å². The number of benzene rings is 1. The number of carbonyl (C=O) groups is 1. The zero-order chi connectivity index (χ0) is 18.4. The van der Waals surface area contributed by atoms with Gasteiger partial charge in [-0.15, -0.1) is 0 Å². The lowest BCUT2D eigenvalue weighted by Gasteiger charge is -2.25. The number of anilines is 1. The number of fused-ring (bicyclic) bond motifs is 1. The molecule has 0 unspecified atom stereocenters. The van der Waals surface area contributed by atoms with Crippen LogP contribution in [-0.2, 0) is 17.5 Å². The van der Waals surface area contributed by atoms with Crippen molar-refractivity contribution in [2.75, 3.05) is 4.90 Å². The number of halogens is 3. The summed E-state index contributed by atoms with van der Waals surface area (Å²) < 4.78 is 39.9. The standard InChI is InChI=1S/C17H12F3N3O2/c1-9-6-13(17(18,19)20)12(7-21)15(22-9)23-8-10-4-2-3-5-11(10)14(23)16(24)25/h2-6,14H,8H2,1H3,(H,24,25)/t14-/m0/s1. The van der Waals surface area contributed by atoms with Crippen LogP contribution in [-0.4, -0.2) is 16.1 Å². The summed E-state index contributed by atoms with van der Waals surface area (Å²) in [6, 6.07) is 7.84. The van der Waals surface area contributed by atoms with Crippen molar-refractivity contribution in [1.82, 2.24) is 4.98 Å². The van der Waals surface area contributed by atoms with Gasteiger partial charge in [-0.3, -0.25) is 0 Å².